The highest BCUT2D eigenvalue weighted by molar-refractivity contribution is 5.92. The molecule has 0 aliphatic rings. The predicted octanol–water partition coefficient (Wildman–Crippen LogP) is -0.200. The van der Waals surface area contributed by atoms with Crippen molar-refractivity contribution in [1.29, 1.82) is 0 Å². The monoisotopic (exact) mass is 227 g/mol. The zero-order chi connectivity index (χ0) is 12.3. The molecule has 8 nitrogen and oxygen atoms in total. The molecule has 0 radical (unpaired) electrons. The molecule has 0 saturated heterocycles. The van der Waals surface area contributed by atoms with Gasteiger partial charge in [0, 0.05) is 7.05 Å². The molecule has 0 aliphatic heterocycles. The van der Waals surface area contributed by atoms with Gasteiger partial charge in [0.25, 0.3) is 0 Å². The molecule has 0 saturated carbocycles. The van der Waals surface area contributed by atoms with Crippen LogP contribution < -0.4 is 10.6 Å². The van der Waals surface area contributed by atoms with Crippen LogP contribution in [-0.4, -0.2) is 37.4 Å². The van der Waals surface area contributed by atoms with E-state index in [2.05, 4.69) is 20.7 Å². The first kappa shape index (κ1) is 12.0. The number of aromatic nitrogens is 3. The Balaban J connectivity index is 2.62. The molecule has 0 aromatic carbocycles. The van der Waals surface area contributed by atoms with Crippen molar-refractivity contribution in [3.63, 3.8) is 0 Å². The van der Waals surface area contributed by atoms with Crippen molar-refractivity contribution in [2.45, 2.75) is 19.4 Å². The highest BCUT2D eigenvalue weighted by atomic mass is 16.4. The second-order valence-corrected chi connectivity index (χ2v) is 3.72. The maximum Gasteiger partial charge on any atom is 0.328 e. The van der Waals surface area contributed by atoms with Crippen LogP contribution in [0.5, 0.6) is 0 Å². The minimum atomic E-state index is -1.34. The number of urea groups is 1. The molecule has 16 heavy (non-hydrogen) atoms. The molecule has 1 aromatic rings. The lowest BCUT2D eigenvalue weighted by molar-refractivity contribution is -0.142. The highest BCUT2D eigenvalue weighted by Gasteiger charge is 2.29. The standard InChI is InChI=1S/C8H13N5O3/c1-8(2,5(14)15)12-7(16)11-6-9-4-10-13(6)3/h4H,1-3H3,(H,14,15)(H2,9,10,11,12,16). The van der Waals surface area contributed by atoms with Gasteiger partial charge in [-0.05, 0) is 13.8 Å². The Bertz CT molecular complexity index is 412. The van der Waals surface area contributed by atoms with Crippen LogP contribution in [0.15, 0.2) is 6.33 Å². The normalized spacial score (nSPS) is 10.9. The molecule has 0 unspecified atom stereocenters. The number of aliphatic carboxylic acids is 1. The van der Waals surface area contributed by atoms with E-state index >= 15 is 0 Å². The van der Waals surface area contributed by atoms with Gasteiger partial charge in [0.15, 0.2) is 0 Å². The summed E-state index contributed by atoms with van der Waals surface area (Å²) in [6.07, 6.45) is 1.28. The van der Waals surface area contributed by atoms with E-state index in [1.165, 1.54) is 24.9 Å². The summed E-state index contributed by atoms with van der Waals surface area (Å²) < 4.78 is 1.35. The summed E-state index contributed by atoms with van der Waals surface area (Å²) in [5, 5.41) is 17.2. The van der Waals surface area contributed by atoms with Gasteiger partial charge in [-0.25, -0.2) is 14.3 Å². The molecule has 8 heteroatoms. The first-order valence-corrected chi connectivity index (χ1v) is 4.49. The second-order valence-electron chi connectivity index (χ2n) is 3.72. The van der Waals surface area contributed by atoms with Gasteiger partial charge in [0.1, 0.15) is 11.9 Å². The fourth-order valence-corrected chi connectivity index (χ4v) is 0.879. The van der Waals surface area contributed by atoms with Gasteiger partial charge in [-0.2, -0.15) is 10.1 Å². The summed E-state index contributed by atoms with van der Waals surface area (Å²) in [7, 11) is 1.60. The number of amides is 2. The van der Waals surface area contributed by atoms with Gasteiger partial charge in [0.2, 0.25) is 5.95 Å². The number of hydrogen-bond acceptors (Lipinski definition) is 4. The number of rotatable bonds is 3. The van der Waals surface area contributed by atoms with E-state index in [-0.39, 0.29) is 5.95 Å². The van der Waals surface area contributed by atoms with E-state index in [0.29, 0.717) is 0 Å². The lowest BCUT2D eigenvalue weighted by Crippen LogP contribution is -2.51. The molecule has 0 atom stereocenters. The van der Waals surface area contributed by atoms with E-state index in [4.69, 9.17) is 5.11 Å². The fraction of sp³-hybridized carbons (Fsp3) is 0.500. The zero-order valence-corrected chi connectivity index (χ0v) is 9.18. The minimum absolute atomic E-state index is 0.235. The Morgan fingerprint density at radius 3 is 2.56 bits per heavy atom. The number of aryl methyl sites for hydroxylation is 1. The van der Waals surface area contributed by atoms with Gasteiger partial charge < -0.3 is 10.4 Å². The van der Waals surface area contributed by atoms with Gasteiger partial charge in [-0.15, -0.1) is 0 Å². The van der Waals surface area contributed by atoms with E-state index in [1.807, 2.05) is 0 Å². The number of hydrogen-bond donors (Lipinski definition) is 3. The number of carboxylic acids is 1. The number of carbonyl (C=O) groups is 2. The number of carbonyl (C=O) groups excluding carboxylic acids is 1. The molecule has 88 valence electrons. The third kappa shape index (κ3) is 2.69. The smallest absolute Gasteiger partial charge is 0.328 e. The molecule has 0 aliphatic carbocycles. The Morgan fingerprint density at radius 1 is 1.50 bits per heavy atom. The van der Waals surface area contributed by atoms with Crippen molar-refractivity contribution < 1.29 is 14.7 Å². The van der Waals surface area contributed by atoms with Crippen LogP contribution in [0.25, 0.3) is 0 Å². The first-order valence-electron chi connectivity index (χ1n) is 4.49. The van der Waals surface area contributed by atoms with Crippen LogP contribution in [0.2, 0.25) is 0 Å². The molecule has 1 rings (SSSR count). The Kier molecular flexibility index (Phi) is 3.11. The average Bonchev–Trinajstić information content (AvgIpc) is 2.50. The molecule has 2 amide bonds. The van der Waals surface area contributed by atoms with E-state index in [0.717, 1.165) is 0 Å². The summed E-state index contributed by atoms with van der Waals surface area (Å²) in [4.78, 5) is 25.9. The van der Waals surface area contributed by atoms with Gasteiger partial charge in [-0.3, -0.25) is 5.32 Å². The van der Waals surface area contributed by atoms with Gasteiger partial charge in [0.05, 0.1) is 0 Å². The highest BCUT2D eigenvalue weighted by Crippen LogP contribution is 2.03. The average molecular weight is 227 g/mol. The van der Waals surface area contributed by atoms with Crippen LogP contribution in [-0.2, 0) is 11.8 Å². The molecule has 3 N–H and O–H groups in total. The Labute approximate surface area is 91.7 Å². The van der Waals surface area contributed by atoms with Crippen LogP contribution in [0.3, 0.4) is 0 Å². The predicted molar refractivity (Wildman–Crippen MR) is 54.9 cm³/mol. The summed E-state index contributed by atoms with van der Waals surface area (Å²) in [6.45, 7) is 2.76. The van der Waals surface area contributed by atoms with Crippen LogP contribution in [0, 0.1) is 0 Å². The summed E-state index contributed by atoms with van der Waals surface area (Å²) >= 11 is 0. The number of anilines is 1. The number of nitrogens with one attached hydrogen (secondary N) is 2. The second kappa shape index (κ2) is 4.17. The quantitative estimate of drug-likeness (QED) is 0.662. The first-order chi connectivity index (χ1) is 7.33. The maximum absolute atomic E-state index is 11.4. The van der Waals surface area contributed by atoms with Gasteiger partial charge >= 0.3 is 12.0 Å². The summed E-state index contributed by atoms with van der Waals surface area (Å²) in [5.74, 6) is -0.890. The van der Waals surface area contributed by atoms with Crippen LogP contribution in [0.1, 0.15) is 13.8 Å². The fourth-order valence-electron chi connectivity index (χ4n) is 0.879. The maximum atomic E-state index is 11.4. The summed E-state index contributed by atoms with van der Waals surface area (Å²) in [6, 6.07) is -0.650. The minimum Gasteiger partial charge on any atom is -0.480 e. The molecule has 0 fully saturated rings. The van der Waals surface area contributed by atoms with E-state index < -0.39 is 17.5 Å². The number of nitrogens with zero attached hydrogens (tertiary/aromatic N) is 3. The topological polar surface area (TPSA) is 109 Å². The number of carboxylic acid groups (broad SMARTS) is 1. The van der Waals surface area contributed by atoms with Crippen molar-refractivity contribution in [3.8, 4) is 0 Å². The van der Waals surface area contributed by atoms with Crippen molar-refractivity contribution in [2.24, 2.45) is 7.05 Å². The molecular weight excluding hydrogens is 214 g/mol. The Morgan fingerprint density at radius 2 is 2.12 bits per heavy atom. The zero-order valence-electron chi connectivity index (χ0n) is 9.18. The molecule has 0 spiro atoms. The van der Waals surface area contributed by atoms with Crippen LogP contribution in [0.4, 0.5) is 10.7 Å². The lowest BCUT2D eigenvalue weighted by Gasteiger charge is -2.20. The van der Waals surface area contributed by atoms with E-state index in [1.54, 1.807) is 7.05 Å². The molecule has 1 heterocycles. The third-order valence-electron chi connectivity index (χ3n) is 1.90. The largest absolute Gasteiger partial charge is 0.480 e. The van der Waals surface area contributed by atoms with Gasteiger partial charge in [-0.1, -0.05) is 0 Å². The lowest BCUT2D eigenvalue weighted by atomic mass is 10.1. The van der Waals surface area contributed by atoms with Crippen molar-refractivity contribution in [3.05, 3.63) is 6.33 Å². The third-order valence-corrected chi connectivity index (χ3v) is 1.90. The molecular formula is C8H13N5O3. The van der Waals surface area contributed by atoms with Crippen molar-refractivity contribution in [1.82, 2.24) is 20.1 Å². The van der Waals surface area contributed by atoms with Crippen LogP contribution >= 0.6 is 0 Å². The van der Waals surface area contributed by atoms with E-state index in [9.17, 15) is 9.59 Å². The Hall–Kier alpha value is -2.12. The van der Waals surface area contributed by atoms with Crippen molar-refractivity contribution in [2.75, 3.05) is 5.32 Å². The van der Waals surface area contributed by atoms with Crippen molar-refractivity contribution >= 4 is 17.9 Å². The SMILES string of the molecule is Cn1ncnc1NC(=O)NC(C)(C)C(=O)O. The molecule has 0 bridgehead atoms. The summed E-state index contributed by atoms with van der Waals surface area (Å²) in [5.41, 5.74) is -1.34. The molecule has 1 aromatic heterocycles.